The summed E-state index contributed by atoms with van der Waals surface area (Å²) in [7, 11) is 0. The maximum Gasteiger partial charge on any atom is 0.0962 e. The summed E-state index contributed by atoms with van der Waals surface area (Å²) in [5, 5.41) is 0. The molecule has 0 saturated carbocycles. The quantitative estimate of drug-likeness (QED) is 0.453. The lowest BCUT2D eigenvalue weighted by atomic mass is 9.98. The molecule has 3 heteroatoms. The number of para-hydroxylation sites is 2. The Labute approximate surface area is 182 Å². The van der Waals surface area contributed by atoms with E-state index in [4.69, 9.17) is 14.7 Å². The molecule has 1 aliphatic heterocycles. The molecule has 0 radical (unpaired) electrons. The van der Waals surface area contributed by atoms with Gasteiger partial charge in [-0.05, 0) is 68.2 Å². The molecule has 0 spiro atoms. The van der Waals surface area contributed by atoms with Gasteiger partial charge in [0.1, 0.15) is 0 Å². The van der Waals surface area contributed by atoms with Gasteiger partial charge < -0.3 is 4.74 Å². The Morgan fingerprint density at radius 2 is 1.13 bits per heavy atom. The Morgan fingerprint density at radius 3 is 1.53 bits per heavy atom. The van der Waals surface area contributed by atoms with E-state index in [1.54, 1.807) is 0 Å². The van der Waals surface area contributed by atoms with Gasteiger partial charge in [0.05, 0.1) is 23.6 Å². The van der Waals surface area contributed by atoms with E-state index in [2.05, 4.69) is 90.1 Å². The van der Waals surface area contributed by atoms with E-state index >= 15 is 0 Å². The van der Waals surface area contributed by atoms with Crippen LogP contribution in [-0.2, 0) is 4.74 Å². The number of ether oxygens (including phenoxy) is 1. The molecule has 3 nitrogen and oxygen atoms in total. The topological polar surface area (TPSA) is 34.0 Å². The lowest BCUT2D eigenvalue weighted by molar-refractivity contribution is 0.0230. The van der Waals surface area contributed by atoms with Gasteiger partial charge in [0, 0.05) is 11.4 Å². The van der Waals surface area contributed by atoms with Crippen LogP contribution in [0.1, 0.15) is 83.8 Å². The molecule has 2 unspecified atom stereocenters. The second kappa shape index (κ2) is 10.2. The monoisotopic (exact) mass is 404 g/mol. The number of nitrogens with zero attached hydrogens (tertiary/aromatic N) is 2. The SMILES string of the molecule is CC(=Nc1ccccc1C(C)C)C1CCCC(C(C)=Nc2ccccc2C(C)C)O1. The Hall–Kier alpha value is -2.26. The second-order valence-electron chi connectivity index (χ2n) is 8.98. The number of hydrogen-bond donors (Lipinski definition) is 0. The molecular weight excluding hydrogens is 368 g/mol. The average Bonchev–Trinajstić information content (AvgIpc) is 2.74. The molecule has 1 fully saturated rings. The molecule has 2 aromatic carbocycles. The van der Waals surface area contributed by atoms with Gasteiger partial charge >= 0.3 is 0 Å². The molecule has 0 amide bonds. The van der Waals surface area contributed by atoms with E-state index in [1.165, 1.54) is 11.1 Å². The summed E-state index contributed by atoms with van der Waals surface area (Å²) in [6.07, 6.45) is 3.27. The first kappa shape index (κ1) is 22.4. The normalized spacial score (nSPS) is 20.8. The lowest BCUT2D eigenvalue weighted by Crippen LogP contribution is -2.36. The van der Waals surface area contributed by atoms with E-state index in [0.717, 1.165) is 42.1 Å². The molecule has 0 bridgehead atoms. The maximum atomic E-state index is 6.49. The van der Waals surface area contributed by atoms with Gasteiger partial charge in [0.2, 0.25) is 0 Å². The van der Waals surface area contributed by atoms with E-state index < -0.39 is 0 Å². The molecule has 3 rings (SSSR count). The molecule has 2 aromatic rings. The smallest absolute Gasteiger partial charge is 0.0962 e. The summed E-state index contributed by atoms with van der Waals surface area (Å²) in [4.78, 5) is 9.94. The van der Waals surface area contributed by atoms with Gasteiger partial charge in [-0.3, -0.25) is 9.98 Å². The highest BCUT2D eigenvalue weighted by Crippen LogP contribution is 2.30. The van der Waals surface area contributed by atoms with Crippen molar-refractivity contribution >= 4 is 22.8 Å². The van der Waals surface area contributed by atoms with E-state index in [0.29, 0.717) is 11.8 Å². The summed E-state index contributed by atoms with van der Waals surface area (Å²) in [6, 6.07) is 16.9. The highest BCUT2D eigenvalue weighted by molar-refractivity contribution is 5.92. The second-order valence-corrected chi connectivity index (χ2v) is 8.98. The van der Waals surface area contributed by atoms with Crippen LogP contribution in [0.15, 0.2) is 58.5 Å². The van der Waals surface area contributed by atoms with Crippen LogP contribution in [0, 0.1) is 0 Å². The van der Waals surface area contributed by atoms with Crippen molar-refractivity contribution in [1.82, 2.24) is 0 Å². The summed E-state index contributed by atoms with van der Waals surface area (Å²) in [5.41, 5.74) is 6.81. The van der Waals surface area contributed by atoms with Crippen LogP contribution in [0.3, 0.4) is 0 Å². The average molecular weight is 405 g/mol. The molecule has 1 aliphatic rings. The van der Waals surface area contributed by atoms with Gasteiger partial charge in [-0.2, -0.15) is 0 Å². The highest BCUT2D eigenvalue weighted by Gasteiger charge is 2.26. The lowest BCUT2D eigenvalue weighted by Gasteiger charge is -2.30. The predicted molar refractivity (Wildman–Crippen MR) is 129 cm³/mol. The van der Waals surface area contributed by atoms with Gasteiger partial charge in [-0.15, -0.1) is 0 Å². The fraction of sp³-hybridized carbons (Fsp3) is 0.481. The predicted octanol–water partition coefficient (Wildman–Crippen LogP) is 7.76. The number of benzene rings is 2. The van der Waals surface area contributed by atoms with Crippen molar-refractivity contribution in [2.24, 2.45) is 9.98 Å². The Balaban J connectivity index is 1.79. The van der Waals surface area contributed by atoms with Crippen molar-refractivity contribution in [1.29, 1.82) is 0 Å². The van der Waals surface area contributed by atoms with Crippen LogP contribution in [0.4, 0.5) is 11.4 Å². The Bertz CT molecular complexity index is 837. The van der Waals surface area contributed by atoms with Gasteiger partial charge in [0.15, 0.2) is 0 Å². The molecule has 30 heavy (non-hydrogen) atoms. The minimum absolute atomic E-state index is 0.0504. The minimum Gasteiger partial charge on any atom is -0.363 e. The van der Waals surface area contributed by atoms with Gasteiger partial charge in [-0.1, -0.05) is 64.1 Å². The summed E-state index contributed by atoms with van der Waals surface area (Å²) in [5.74, 6) is 0.904. The number of aliphatic imine (C=N–C) groups is 2. The molecular formula is C27H36N2O. The van der Waals surface area contributed by atoms with Crippen LogP contribution in [-0.4, -0.2) is 23.6 Å². The summed E-state index contributed by atoms with van der Waals surface area (Å²) < 4.78 is 6.49. The van der Waals surface area contributed by atoms with Crippen molar-refractivity contribution in [2.75, 3.05) is 0 Å². The fourth-order valence-corrected chi connectivity index (χ4v) is 4.12. The molecule has 0 aromatic heterocycles. The standard InChI is InChI=1S/C27H36N2O/c1-18(2)22-12-7-9-14-24(22)28-20(5)26-16-11-17-27(30-26)21(6)29-25-15-10-8-13-23(25)19(3)4/h7-10,12-15,18-19,26-27H,11,16-17H2,1-6H3. The first-order chi connectivity index (χ1) is 14.4. The minimum atomic E-state index is 0.0504. The number of rotatable bonds is 6. The first-order valence-corrected chi connectivity index (χ1v) is 11.3. The molecule has 2 atom stereocenters. The molecule has 0 aliphatic carbocycles. The summed E-state index contributed by atoms with van der Waals surface area (Å²) >= 11 is 0. The zero-order chi connectivity index (χ0) is 21.7. The highest BCUT2D eigenvalue weighted by atomic mass is 16.5. The number of hydrogen-bond acceptors (Lipinski definition) is 3. The maximum absolute atomic E-state index is 6.49. The van der Waals surface area contributed by atoms with Crippen LogP contribution in [0.25, 0.3) is 0 Å². The van der Waals surface area contributed by atoms with E-state index in [-0.39, 0.29) is 12.2 Å². The van der Waals surface area contributed by atoms with Gasteiger partial charge in [-0.25, -0.2) is 0 Å². The van der Waals surface area contributed by atoms with Crippen molar-refractivity contribution in [3.63, 3.8) is 0 Å². The van der Waals surface area contributed by atoms with E-state index in [9.17, 15) is 0 Å². The zero-order valence-corrected chi connectivity index (χ0v) is 19.4. The van der Waals surface area contributed by atoms with Crippen molar-refractivity contribution in [2.45, 2.75) is 84.8 Å². The molecule has 1 saturated heterocycles. The van der Waals surface area contributed by atoms with Crippen molar-refractivity contribution in [3.8, 4) is 0 Å². The fourth-order valence-electron chi connectivity index (χ4n) is 4.12. The third-order valence-corrected chi connectivity index (χ3v) is 5.90. The first-order valence-electron chi connectivity index (χ1n) is 11.3. The van der Waals surface area contributed by atoms with Crippen LogP contribution in [0.2, 0.25) is 0 Å². The van der Waals surface area contributed by atoms with Crippen LogP contribution < -0.4 is 0 Å². The molecule has 160 valence electrons. The Kier molecular flexibility index (Phi) is 7.60. The largest absolute Gasteiger partial charge is 0.363 e. The molecule has 1 heterocycles. The van der Waals surface area contributed by atoms with Crippen LogP contribution in [0.5, 0.6) is 0 Å². The van der Waals surface area contributed by atoms with Crippen molar-refractivity contribution in [3.05, 3.63) is 59.7 Å². The third kappa shape index (κ3) is 5.46. The van der Waals surface area contributed by atoms with Gasteiger partial charge in [0.25, 0.3) is 0 Å². The zero-order valence-electron chi connectivity index (χ0n) is 19.4. The molecule has 0 N–H and O–H groups in total. The Morgan fingerprint density at radius 1 is 0.733 bits per heavy atom. The van der Waals surface area contributed by atoms with Crippen LogP contribution >= 0.6 is 0 Å². The third-order valence-electron chi connectivity index (χ3n) is 5.90. The summed E-state index contributed by atoms with van der Waals surface area (Å²) in [6.45, 7) is 13.1. The van der Waals surface area contributed by atoms with Crippen molar-refractivity contribution < 1.29 is 4.74 Å². The van der Waals surface area contributed by atoms with E-state index in [1.807, 2.05) is 0 Å².